The second kappa shape index (κ2) is 8.65. The van der Waals surface area contributed by atoms with Crippen molar-refractivity contribution in [2.45, 2.75) is 42.7 Å². The number of benzene rings is 2. The van der Waals surface area contributed by atoms with Gasteiger partial charge in [0.2, 0.25) is 0 Å². The third kappa shape index (κ3) is 3.97. The van der Waals surface area contributed by atoms with Gasteiger partial charge in [-0.2, -0.15) is 0 Å². The average molecular weight is 460 g/mol. The molecule has 8 heteroatoms. The number of rotatable bonds is 5. The van der Waals surface area contributed by atoms with Crippen molar-refractivity contribution in [3.05, 3.63) is 65.3 Å². The van der Waals surface area contributed by atoms with Crippen molar-refractivity contribution in [2.24, 2.45) is 0 Å². The maximum atomic E-state index is 13.6. The van der Waals surface area contributed by atoms with Gasteiger partial charge in [0.25, 0.3) is 15.9 Å². The molecule has 4 rings (SSSR count). The first-order valence-electron chi connectivity index (χ1n) is 10.4. The Hall–Kier alpha value is -2.35. The molecule has 0 aliphatic heterocycles. The fourth-order valence-corrected chi connectivity index (χ4v) is 6.22. The predicted octanol–water partition coefficient (Wildman–Crippen LogP) is 4.13. The molecular weight excluding hydrogens is 434 g/mol. The molecule has 1 fully saturated rings. The van der Waals surface area contributed by atoms with Crippen LogP contribution in [0, 0.1) is 0 Å². The zero-order chi connectivity index (χ0) is 22.2. The van der Waals surface area contributed by atoms with Crippen LogP contribution in [0.25, 0.3) is 10.9 Å². The molecule has 1 aliphatic rings. The van der Waals surface area contributed by atoms with Gasteiger partial charge in [-0.1, -0.05) is 42.6 Å². The lowest BCUT2D eigenvalue weighted by atomic mass is 9.89. The Bertz CT molecular complexity index is 1210. The lowest BCUT2D eigenvalue weighted by Gasteiger charge is -2.38. The van der Waals surface area contributed by atoms with Gasteiger partial charge in [0, 0.05) is 29.5 Å². The van der Waals surface area contributed by atoms with Gasteiger partial charge in [0.05, 0.1) is 10.4 Å². The van der Waals surface area contributed by atoms with Gasteiger partial charge in [0.15, 0.2) is 0 Å². The summed E-state index contributed by atoms with van der Waals surface area (Å²) in [5, 5.41) is 4.40. The Morgan fingerprint density at radius 3 is 2.52 bits per heavy atom. The van der Waals surface area contributed by atoms with Crippen LogP contribution in [-0.4, -0.2) is 49.4 Å². The van der Waals surface area contributed by atoms with Gasteiger partial charge in [-0.15, -0.1) is 0 Å². The first-order chi connectivity index (χ1) is 14.8. The lowest BCUT2D eigenvalue weighted by molar-refractivity contribution is 0.0648. The number of amides is 1. The third-order valence-corrected chi connectivity index (χ3v) is 8.12. The maximum absolute atomic E-state index is 13.6. The van der Waals surface area contributed by atoms with Crippen LogP contribution in [-0.2, 0) is 10.0 Å². The Labute approximate surface area is 187 Å². The van der Waals surface area contributed by atoms with Crippen molar-refractivity contribution in [3.63, 3.8) is 0 Å². The van der Waals surface area contributed by atoms with Crippen molar-refractivity contribution in [3.8, 4) is 0 Å². The standard InChI is InChI=1S/C23H26ClN3O3S/c1-25-19-10-6-7-11-21(19)26(2)23(28)22-15-16-14-17(24)12-13-20(16)27(22)31(29,30)18-8-4-3-5-9-18/h3-5,8-9,12-15,19,21,25H,6-7,10-11H2,1-2H3/t19-,21+/m0/s1. The first-order valence-corrected chi connectivity index (χ1v) is 12.2. The van der Waals surface area contributed by atoms with E-state index >= 15 is 0 Å². The Morgan fingerprint density at radius 2 is 1.81 bits per heavy atom. The molecule has 1 aromatic heterocycles. The minimum atomic E-state index is -3.98. The molecule has 0 radical (unpaired) electrons. The summed E-state index contributed by atoms with van der Waals surface area (Å²) in [5.41, 5.74) is 0.544. The van der Waals surface area contributed by atoms with Crippen molar-refractivity contribution in [1.82, 2.24) is 14.2 Å². The Morgan fingerprint density at radius 1 is 1.10 bits per heavy atom. The van der Waals surface area contributed by atoms with Gasteiger partial charge in [-0.25, -0.2) is 12.4 Å². The predicted molar refractivity (Wildman–Crippen MR) is 123 cm³/mol. The van der Waals surface area contributed by atoms with Gasteiger partial charge < -0.3 is 10.2 Å². The summed E-state index contributed by atoms with van der Waals surface area (Å²) in [6, 6.07) is 14.9. The van der Waals surface area contributed by atoms with Crippen LogP contribution in [0.3, 0.4) is 0 Å². The number of aromatic nitrogens is 1. The lowest BCUT2D eigenvalue weighted by Crippen LogP contribution is -2.51. The highest BCUT2D eigenvalue weighted by molar-refractivity contribution is 7.90. The fourth-order valence-electron chi connectivity index (χ4n) is 4.51. The molecule has 0 saturated heterocycles. The molecular formula is C23H26ClN3O3S. The highest BCUT2D eigenvalue weighted by Gasteiger charge is 2.34. The van der Waals surface area contributed by atoms with E-state index in [1.165, 1.54) is 12.1 Å². The number of carbonyl (C=O) groups is 1. The Kier molecular flexibility index (Phi) is 6.10. The van der Waals surface area contributed by atoms with Crippen LogP contribution in [0.1, 0.15) is 36.2 Å². The minimum absolute atomic E-state index is 0.000676. The Balaban J connectivity index is 1.86. The summed E-state index contributed by atoms with van der Waals surface area (Å²) in [4.78, 5) is 15.5. The van der Waals surface area contributed by atoms with Crippen molar-refractivity contribution in [2.75, 3.05) is 14.1 Å². The van der Waals surface area contributed by atoms with Crippen LogP contribution in [0.4, 0.5) is 0 Å². The number of nitrogens with zero attached hydrogens (tertiary/aromatic N) is 2. The number of nitrogens with one attached hydrogen (secondary N) is 1. The number of fused-ring (bicyclic) bond motifs is 1. The molecule has 1 saturated carbocycles. The van der Waals surface area contributed by atoms with Crippen molar-refractivity contribution < 1.29 is 13.2 Å². The number of hydrogen-bond acceptors (Lipinski definition) is 4. The third-order valence-electron chi connectivity index (χ3n) is 6.14. The number of likely N-dealkylation sites (N-methyl/N-ethyl adjacent to an activating group) is 2. The monoisotopic (exact) mass is 459 g/mol. The summed E-state index contributed by atoms with van der Waals surface area (Å²) in [6.45, 7) is 0. The van der Waals surface area contributed by atoms with Crippen LogP contribution in [0.15, 0.2) is 59.5 Å². The van der Waals surface area contributed by atoms with E-state index < -0.39 is 10.0 Å². The van der Waals surface area contributed by atoms with Crippen LogP contribution >= 0.6 is 11.6 Å². The summed E-state index contributed by atoms with van der Waals surface area (Å²) in [6.07, 6.45) is 4.03. The van der Waals surface area contributed by atoms with Crippen molar-refractivity contribution in [1.29, 1.82) is 0 Å². The van der Waals surface area contributed by atoms with Crippen LogP contribution in [0.2, 0.25) is 5.02 Å². The quantitative estimate of drug-likeness (QED) is 0.622. The molecule has 1 amide bonds. The zero-order valence-electron chi connectivity index (χ0n) is 17.6. The first kappa shape index (κ1) is 21.9. The van der Waals surface area contributed by atoms with E-state index in [0.29, 0.717) is 15.9 Å². The van der Waals surface area contributed by atoms with E-state index in [4.69, 9.17) is 11.6 Å². The largest absolute Gasteiger partial charge is 0.336 e. The topological polar surface area (TPSA) is 71.4 Å². The molecule has 3 aromatic rings. The number of carbonyl (C=O) groups excluding carboxylic acids is 1. The van der Waals surface area contributed by atoms with Gasteiger partial charge >= 0.3 is 0 Å². The molecule has 0 spiro atoms. The van der Waals surface area contributed by atoms with E-state index in [-0.39, 0.29) is 28.6 Å². The number of halogens is 1. The second-order valence-corrected chi connectivity index (χ2v) is 10.2. The summed E-state index contributed by atoms with van der Waals surface area (Å²) in [5.74, 6) is -0.320. The van der Waals surface area contributed by atoms with E-state index in [9.17, 15) is 13.2 Å². The molecule has 0 unspecified atom stereocenters. The normalized spacial score (nSPS) is 19.5. The zero-order valence-corrected chi connectivity index (χ0v) is 19.2. The number of hydrogen-bond donors (Lipinski definition) is 1. The molecule has 6 nitrogen and oxygen atoms in total. The highest BCUT2D eigenvalue weighted by atomic mass is 35.5. The summed E-state index contributed by atoms with van der Waals surface area (Å²) >= 11 is 6.15. The SMILES string of the molecule is CN[C@H]1CCCC[C@H]1N(C)C(=O)c1cc2cc(Cl)ccc2n1S(=O)(=O)c1ccccc1. The van der Waals surface area contributed by atoms with E-state index in [2.05, 4.69) is 5.32 Å². The molecule has 2 atom stereocenters. The van der Waals surface area contributed by atoms with Gasteiger partial charge in [-0.3, -0.25) is 4.79 Å². The second-order valence-electron chi connectivity index (χ2n) is 7.98. The van der Waals surface area contributed by atoms with Gasteiger partial charge in [-0.05, 0) is 56.3 Å². The maximum Gasteiger partial charge on any atom is 0.271 e. The highest BCUT2D eigenvalue weighted by Crippen LogP contribution is 2.30. The van der Waals surface area contributed by atoms with E-state index in [1.54, 1.807) is 54.4 Å². The molecule has 1 aliphatic carbocycles. The molecule has 1 heterocycles. The smallest absolute Gasteiger partial charge is 0.271 e. The van der Waals surface area contributed by atoms with Crippen molar-refractivity contribution >= 4 is 38.4 Å². The van der Waals surface area contributed by atoms with E-state index in [0.717, 1.165) is 29.7 Å². The van der Waals surface area contributed by atoms with E-state index in [1.807, 2.05) is 7.05 Å². The van der Waals surface area contributed by atoms with Crippen LogP contribution < -0.4 is 5.32 Å². The summed E-state index contributed by atoms with van der Waals surface area (Å²) < 4.78 is 28.3. The van der Waals surface area contributed by atoms with Crippen LogP contribution in [0.5, 0.6) is 0 Å². The van der Waals surface area contributed by atoms with Gasteiger partial charge in [0.1, 0.15) is 5.69 Å². The minimum Gasteiger partial charge on any atom is -0.336 e. The molecule has 164 valence electrons. The molecule has 0 bridgehead atoms. The molecule has 2 aromatic carbocycles. The fraction of sp³-hybridized carbons (Fsp3) is 0.348. The molecule has 31 heavy (non-hydrogen) atoms. The molecule has 1 N–H and O–H groups in total. The summed E-state index contributed by atoms with van der Waals surface area (Å²) in [7, 11) is -0.324. The average Bonchev–Trinajstić information content (AvgIpc) is 3.18.